The third kappa shape index (κ3) is 3.46. The second kappa shape index (κ2) is 6.21. The number of ether oxygens (including phenoxy) is 1. The second-order valence-corrected chi connectivity index (χ2v) is 4.78. The average molecular weight is 229 g/mol. The summed E-state index contributed by atoms with van der Waals surface area (Å²) < 4.78 is 4.76. The predicted octanol–water partition coefficient (Wildman–Crippen LogP) is 1.03. The number of rotatable bonds is 5. The van der Waals surface area contributed by atoms with Gasteiger partial charge in [0.2, 0.25) is 0 Å². The fourth-order valence-electron chi connectivity index (χ4n) is 2.45. The standard InChI is InChI=1S/C12H23NO3/c1-4-5-9(2)7-13-8-10(14)6-11(13)12(15)16-3/h9-11,14H,4-8H2,1-3H3/t9?,10-,11+/m1/s1. The molecule has 1 aliphatic rings. The van der Waals surface area contributed by atoms with Gasteiger partial charge in [-0.25, -0.2) is 0 Å². The molecule has 1 fully saturated rings. The molecule has 0 aromatic heterocycles. The first-order valence-electron chi connectivity index (χ1n) is 6.08. The van der Waals surface area contributed by atoms with Crippen LogP contribution in [0.3, 0.4) is 0 Å². The number of aliphatic hydroxyl groups is 1. The lowest BCUT2D eigenvalue weighted by molar-refractivity contribution is -0.146. The first-order valence-corrected chi connectivity index (χ1v) is 6.08. The van der Waals surface area contributed by atoms with Gasteiger partial charge in [-0.15, -0.1) is 0 Å². The number of carbonyl (C=O) groups excluding carboxylic acids is 1. The molecule has 1 rings (SSSR count). The van der Waals surface area contributed by atoms with E-state index in [0.29, 0.717) is 18.9 Å². The largest absolute Gasteiger partial charge is 0.468 e. The second-order valence-electron chi connectivity index (χ2n) is 4.78. The van der Waals surface area contributed by atoms with Gasteiger partial charge >= 0.3 is 5.97 Å². The van der Waals surface area contributed by atoms with E-state index in [4.69, 9.17) is 4.74 Å². The van der Waals surface area contributed by atoms with Crippen LogP contribution in [-0.2, 0) is 9.53 Å². The van der Waals surface area contributed by atoms with E-state index < -0.39 is 6.10 Å². The molecular weight excluding hydrogens is 206 g/mol. The number of β-amino-alcohol motifs (C(OH)–C–C–N with tert-alkyl or cyclic N) is 1. The number of esters is 1. The molecule has 4 heteroatoms. The van der Waals surface area contributed by atoms with Gasteiger partial charge in [-0.3, -0.25) is 9.69 Å². The van der Waals surface area contributed by atoms with Gasteiger partial charge in [0.1, 0.15) is 6.04 Å². The minimum absolute atomic E-state index is 0.222. The highest BCUT2D eigenvalue weighted by molar-refractivity contribution is 5.76. The molecule has 0 spiro atoms. The third-order valence-electron chi connectivity index (χ3n) is 3.18. The summed E-state index contributed by atoms with van der Waals surface area (Å²) in [6, 6.07) is -0.251. The summed E-state index contributed by atoms with van der Waals surface area (Å²) >= 11 is 0. The highest BCUT2D eigenvalue weighted by Crippen LogP contribution is 2.21. The molecule has 0 radical (unpaired) electrons. The first kappa shape index (κ1) is 13.5. The number of aliphatic hydroxyl groups excluding tert-OH is 1. The van der Waals surface area contributed by atoms with Crippen LogP contribution in [0.4, 0.5) is 0 Å². The Morgan fingerprint density at radius 3 is 2.88 bits per heavy atom. The minimum atomic E-state index is -0.391. The number of likely N-dealkylation sites (tertiary alicyclic amines) is 1. The molecule has 1 heterocycles. The van der Waals surface area contributed by atoms with Gasteiger partial charge in [-0.2, -0.15) is 0 Å². The van der Waals surface area contributed by atoms with Crippen LogP contribution >= 0.6 is 0 Å². The van der Waals surface area contributed by atoms with E-state index in [-0.39, 0.29) is 12.0 Å². The average Bonchev–Trinajstić information content (AvgIpc) is 2.58. The maximum atomic E-state index is 11.5. The van der Waals surface area contributed by atoms with Crippen molar-refractivity contribution in [1.82, 2.24) is 4.90 Å². The molecule has 0 saturated carbocycles. The molecule has 16 heavy (non-hydrogen) atoms. The van der Waals surface area contributed by atoms with Crippen LogP contribution in [0.15, 0.2) is 0 Å². The smallest absolute Gasteiger partial charge is 0.323 e. The summed E-state index contributed by atoms with van der Waals surface area (Å²) in [5, 5.41) is 9.61. The molecule has 94 valence electrons. The summed E-state index contributed by atoms with van der Waals surface area (Å²) in [5.74, 6) is 0.336. The fourth-order valence-corrected chi connectivity index (χ4v) is 2.45. The van der Waals surface area contributed by atoms with Gasteiger partial charge in [0.05, 0.1) is 13.2 Å². The maximum absolute atomic E-state index is 11.5. The molecule has 0 amide bonds. The van der Waals surface area contributed by atoms with Crippen LogP contribution in [0, 0.1) is 5.92 Å². The zero-order chi connectivity index (χ0) is 12.1. The van der Waals surface area contributed by atoms with Crippen LogP contribution < -0.4 is 0 Å². The Morgan fingerprint density at radius 2 is 2.31 bits per heavy atom. The van der Waals surface area contributed by atoms with Crippen LogP contribution in [0.1, 0.15) is 33.1 Å². The van der Waals surface area contributed by atoms with E-state index in [2.05, 4.69) is 18.7 Å². The number of nitrogens with zero attached hydrogens (tertiary/aromatic N) is 1. The van der Waals surface area contributed by atoms with Crippen LogP contribution in [0.2, 0.25) is 0 Å². The molecule has 0 aromatic carbocycles. The highest BCUT2D eigenvalue weighted by Gasteiger charge is 2.36. The van der Waals surface area contributed by atoms with Crippen molar-refractivity contribution in [3.8, 4) is 0 Å². The van der Waals surface area contributed by atoms with Crippen molar-refractivity contribution in [2.75, 3.05) is 20.2 Å². The Hall–Kier alpha value is -0.610. The van der Waals surface area contributed by atoms with Crippen molar-refractivity contribution in [3.63, 3.8) is 0 Å². The molecule has 3 atom stereocenters. The number of hydrogen-bond donors (Lipinski definition) is 1. The van der Waals surface area contributed by atoms with Gasteiger partial charge in [0.25, 0.3) is 0 Å². The molecule has 0 aliphatic carbocycles. The van der Waals surface area contributed by atoms with E-state index in [9.17, 15) is 9.90 Å². The van der Waals surface area contributed by atoms with Crippen molar-refractivity contribution >= 4 is 5.97 Å². The lowest BCUT2D eigenvalue weighted by Gasteiger charge is -2.25. The van der Waals surface area contributed by atoms with Gasteiger partial charge in [-0.05, 0) is 12.3 Å². The van der Waals surface area contributed by atoms with E-state index in [0.717, 1.165) is 19.4 Å². The molecular formula is C12H23NO3. The Kier molecular flexibility index (Phi) is 5.22. The Morgan fingerprint density at radius 1 is 1.62 bits per heavy atom. The molecule has 0 bridgehead atoms. The van der Waals surface area contributed by atoms with Gasteiger partial charge < -0.3 is 9.84 Å². The predicted molar refractivity (Wildman–Crippen MR) is 62.1 cm³/mol. The van der Waals surface area contributed by atoms with E-state index in [1.807, 2.05) is 0 Å². The summed E-state index contributed by atoms with van der Waals surface area (Å²) in [7, 11) is 1.40. The Bertz CT molecular complexity index is 232. The lowest BCUT2D eigenvalue weighted by Crippen LogP contribution is -2.39. The van der Waals surface area contributed by atoms with Gasteiger partial charge in [-0.1, -0.05) is 20.3 Å². The molecule has 4 nitrogen and oxygen atoms in total. The van der Waals surface area contributed by atoms with E-state index in [1.54, 1.807) is 0 Å². The van der Waals surface area contributed by atoms with Crippen LogP contribution in [0.25, 0.3) is 0 Å². The Balaban J connectivity index is 2.52. The first-order chi connectivity index (χ1) is 7.58. The zero-order valence-corrected chi connectivity index (χ0v) is 10.5. The Labute approximate surface area is 97.6 Å². The van der Waals surface area contributed by atoms with E-state index >= 15 is 0 Å². The van der Waals surface area contributed by atoms with Gasteiger partial charge in [0.15, 0.2) is 0 Å². The normalized spacial score (nSPS) is 28.0. The summed E-state index contributed by atoms with van der Waals surface area (Å²) in [6.45, 7) is 5.80. The third-order valence-corrected chi connectivity index (χ3v) is 3.18. The highest BCUT2D eigenvalue weighted by atomic mass is 16.5. The van der Waals surface area contributed by atoms with Crippen molar-refractivity contribution in [2.24, 2.45) is 5.92 Å². The topological polar surface area (TPSA) is 49.8 Å². The molecule has 1 N–H and O–H groups in total. The van der Waals surface area contributed by atoms with Crippen molar-refractivity contribution in [3.05, 3.63) is 0 Å². The van der Waals surface area contributed by atoms with Crippen LogP contribution in [0.5, 0.6) is 0 Å². The maximum Gasteiger partial charge on any atom is 0.323 e. The zero-order valence-electron chi connectivity index (χ0n) is 10.5. The molecule has 1 unspecified atom stereocenters. The quantitative estimate of drug-likeness (QED) is 0.715. The monoisotopic (exact) mass is 229 g/mol. The summed E-state index contributed by atoms with van der Waals surface area (Å²) in [6.07, 6.45) is 2.42. The van der Waals surface area contributed by atoms with Crippen molar-refractivity contribution in [1.29, 1.82) is 0 Å². The van der Waals surface area contributed by atoms with E-state index in [1.165, 1.54) is 7.11 Å². The SMILES string of the molecule is CCCC(C)CN1C[C@H](O)C[C@H]1C(=O)OC. The number of methoxy groups -OCH3 is 1. The summed E-state index contributed by atoms with van der Waals surface area (Å²) in [5.41, 5.74) is 0. The number of hydrogen-bond acceptors (Lipinski definition) is 4. The summed E-state index contributed by atoms with van der Waals surface area (Å²) in [4.78, 5) is 13.6. The van der Waals surface area contributed by atoms with Crippen molar-refractivity contribution < 1.29 is 14.6 Å². The molecule has 1 aliphatic heterocycles. The fraction of sp³-hybridized carbons (Fsp3) is 0.917. The van der Waals surface area contributed by atoms with Gasteiger partial charge in [0, 0.05) is 19.5 Å². The van der Waals surface area contributed by atoms with Crippen molar-refractivity contribution in [2.45, 2.75) is 45.3 Å². The van der Waals surface area contributed by atoms with Crippen LogP contribution in [-0.4, -0.2) is 48.3 Å². The lowest BCUT2D eigenvalue weighted by atomic mass is 10.1. The minimum Gasteiger partial charge on any atom is -0.468 e. The molecule has 0 aromatic rings. The number of carbonyl (C=O) groups is 1. The molecule has 1 saturated heterocycles.